The van der Waals surface area contributed by atoms with Crippen LogP contribution in [-0.2, 0) is 4.74 Å². The molecule has 1 nitrogen and oxygen atoms in total. The van der Waals surface area contributed by atoms with Crippen LogP contribution in [0.1, 0.15) is 14.4 Å². The highest BCUT2D eigenvalue weighted by Gasteiger charge is 2.16. The molecule has 2 unspecified atom stereocenters. The van der Waals surface area contributed by atoms with E-state index in [0.29, 0.717) is 5.44 Å². The molecule has 0 aromatic rings. The predicted octanol–water partition coefficient (Wildman–Crippen LogP) is 1.23. The van der Waals surface area contributed by atoms with Gasteiger partial charge in [-0.25, -0.2) is 0 Å². The fourth-order valence-corrected chi connectivity index (χ4v) is 1.32. The maximum atomic E-state index is 5.38. The molecule has 8 heavy (non-hydrogen) atoms. The molecule has 1 saturated heterocycles. The Morgan fingerprint density at radius 3 is 2.50 bits per heavy atom. The van der Waals surface area contributed by atoms with E-state index >= 15 is 0 Å². The first-order valence-corrected chi connectivity index (χ1v) is 3.36. The van der Waals surface area contributed by atoms with Crippen molar-refractivity contribution in [1.82, 2.24) is 0 Å². The summed E-state index contributed by atoms with van der Waals surface area (Å²) in [5.41, 5.74) is 0.315. The minimum atomic E-state index is -0.0139. The molecule has 0 bridgehead atoms. The Balaban J connectivity index is 0.000000490. The van der Waals surface area contributed by atoms with Gasteiger partial charge in [0.15, 0.2) is 0 Å². The molecule has 2 atom stereocenters. The molecule has 1 aliphatic rings. The topological polar surface area (TPSA) is 9.23 Å². The summed E-state index contributed by atoms with van der Waals surface area (Å²) in [6.45, 7) is 2.01. The third kappa shape index (κ3) is 2.10. The van der Waals surface area contributed by atoms with Crippen molar-refractivity contribution < 1.29 is 4.74 Å². The van der Waals surface area contributed by atoms with Crippen LogP contribution < -0.4 is 0 Å². The Labute approximate surface area is 56.6 Å². The average molecular weight is 130 g/mol. The summed E-state index contributed by atoms with van der Waals surface area (Å²) in [7, 11) is 5.38. The zero-order valence-electron chi connectivity index (χ0n) is 4.26. The van der Waals surface area contributed by atoms with Crippen LogP contribution >= 0.6 is 11.8 Å². The second-order valence-corrected chi connectivity index (χ2v) is 2.91. The van der Waals surface area contributed by atoms with E-state index in [0.717, 1.165) is 5.75 Å². The van der Waals surface area contributed by atoms with E-state index in [9.17, 15) is 0 Å². The molecule has 2 radical (unpaired) electrons. The summed E-state index contributed by atoms with van der Waals surface area (Å²) in [5, 5.41) is 0. The summed E-state index contributed by atoms with van der Waals surface area (Å²) >= 11 is 1.76. The van der Waals surface area contributed by atoms with Crippen LogP contribution in [0.2, 0.25) is 0 Å². The molecule has 3 heteroatoms. The average Bonchev–Trinajstić information content (AvgIpc) is 1.87. The fraction of sp³-hybridized carbons (Fsp3) is 1.00. The van der Waals surface area contributed by atoms with Gasteiger partial charge in [-0.3, -0.25) is 0 Å². The van der Waals surface area contributed by atoms with E-state index < -0.39 is 0 Å². The van der Waals surface area contributed by atoms with Gasteiger partial charge in [-0.05, 0) is 6.92 Å². The Bertz CT molecular complexity index is 61.4. The molecule has 0 saturated carbocycles. The van der Waals surface area contributed by atoms with Gasteiger partial charge in [0.1, 0.15) is 7.85 Å². The monoisotopic (exact) mass is 130 g/mol. The van der Waals surface area contributed by atoms with E-state index in [4.69, 9.17) is 12.6 Å². The Hall–Kier alpha value is 0.375. The normalized spacial score (nSPS) is 36.6. The first-order chi connectivity index (χ1) is 3.29. The summed E-state index contributed by atoms with van der Waals surface area (Å²) in [6.07, 6.45) is 0. The first-order valence-electron chi connectivity index (χ1n) is 2.31. The lowest BCUT2D eigenvalue weighted by molar-refractivity contribution is 0.128. The van der Waals surface area contributed by atoms with E-state index in [-0.39, 0.29) is 13.4 Å². The van der Waals surface area contributed by atoms with E-state index in [1.54, 1.807) is 11.8 Å². The maximum Gasteiger partial charge on any atom is 0.110 e. The van der Waals surface area contributed by atoms with Gasteiger partial charge < -0.3 is 4.74 Å². The molecular weight excluding hydrogens is 119 g/mol. The molecule has 0 aromatic carbocycles. The molecule has 1 fully saturated rings. The van der Waals surface area contributed by atoms with Crippen LogP contribution in [0.15, 0.2) is 0 Å². The van der Waals surface area contributed by atoms with Gasteiger partial charge in [0, 0.05) is 11.8 Å². The van der Waals surface area contributed by atoms with Crippen molar-refractivity contribution in [1.29, 1.82) is 0 Å². The minimum Gasteiger partial charge on any atom is -0.374 e. The molecule has 0 aromatic heterocycles. The van der Waals surface area contributed by atoms with Crippen molar-refractivity contribution in [2.24, 2.45) is 0 Å². The molecule has 46 valence electrons. The summed E-state index contributed by atoms with van der Waals surface area (Å²) < 4.78 is 5.10. The van der Waals surface area contributed by atoms with E-state index in [1.165, 1.54) is 0 Å². The zero-order chi connectivity index (χ0) is 5.28. The van der Waals surface area contributed by atoms with Crippen molar-refractivity contribution in [2.45, 2.75) is 25.8 Å². The second-order valence-electron chi connectivity index (χ2n) is 1.58. The molecular formula is C5H11BOS. The molecule has 1 heterocycles. The molecule has 0 N–H and O–H groups in total. The molecule has 0 amide bonds. The van der Waals surface area contributed by atoms with Gasteiger partial charge >= 0.3 is 0 Å². The van der Waals surface area contributed by atoms with Gasteiger partial charge in [-0.1, -0.05) is 7.43 Å². The van der Waals surface area contributed by atoms with Gasteiger partial charge in [0.05, 0.1) is 5.44 Å². The third-order valence-electron chi connectivity index (χ3n) is 0.862. The van der Waals surface area contributed by atoms with Crippen LogP contribution in [0.4, 0.5) is 0 Å². The first kappa shape index (κ1) is 8.37. The maximum absolute atomic E-state index is 5.38. The number of rotatable bonds is 0. The SMILES string of the molecule is C.[B]C1CSC(C)O1. The van der Waals surface area contributed by atoms with Crippen molar-refractivity contribution in [3.05, 3.63) is 0 Å². The number of hydrogen-bond acceptors (Lipinski definition) is 2. The van der Waals surface area contributed by atoms with E-state index in [1.807, 2.05) is 6.92 Å². The Kier molecular flexibility index (Phi) is 3.57. The van der Waals surface area contributed by atoms with Crippen molar-refractivity contribution in [3.8, 4) is 0 Å². The molecule has 1 rings (SSSR count). The van der Waals surface area contributed by atoms with Crippen LogP contribution in [0, 0.1) is 0 Å². The lowest BCUT2D eigenvalue weighted by atomic mass is 10.0. The summed E-state index contributed by atoms with van der Waals surface area (Å²) in [4.78, 5) is 0. The molecule has 0 spiro atoms. The van der Waals surface area contributed by atoms with Crippen LogP contribution in [-0.4, -0.2) is 25.0 Å². The van der Waals surface area contributed by atoms with Gasteiger partial charge in [0.2, 0.25) is 0 Å². The fourth-order valence-electron chi connectivity index (χ4n) is 0.555. The number of thioether (sulfide) groups is 1. The van der Waals surface area contributed by atoms with Gasteiger partial charge in [-0.2, -0.15) is 0 Å². The lowest BCUT2D eigenvalue weighted by Crippen LogP contribution is -2.08. The summed E-state index contributed by atoms with van der Waals surface area (Å²) in [6, 6.07) is -0.0139. The lowest BCUT2D eigenvalue weighted by Gasteiger charge is -2.00. The van der Waals surface area contributed by atoms with Crippen LogP contribution in [0.3, 0.4) is 0 Å². The van der Waals surface area contributed by atoms with Gasteiger partial charge in [0.25, 0.3) is 0 Å². The highest BCUT2D eigenvalue weighted by atomic mass is 32.2. The number of hydrogen-bond donors (Lipinski definition) is 0. The zero-order valence-corrected chi connectivity index (χ0v) is 5.07. The predicted molar refractivity (Wildman–Crippen MR) is 39.3 cm³/mol. The molecule has 0 aliphatic carbocycles. The second kappa shape index (κ2) is 3.41. The largest absolute Gasteiger partial charge is 0.374 e. The van der Waals surface area contributed by atoms with Crippen molar-refractivity contribution in [3.63, 3.8) is 0 Å². The van der Waals surface area contributed by atoms with Crippen LogP contribution in [0.5, 0.6) is 0 Å². The van der Waals surface area contributed by atoms with Crippen LogP contribution in [0.25, 0.3) is 0 Å². The van der Waals surface area contributed by atoms with Crippen molar-refractivity contribution >= 4 is 19.6 Å². The Morgan fingerprint density at radius 2 is 2.38 bits per heavy atom. The summed E-state index contributed by atoms with van der Waals surface area (Å²) in [5.74, 6) is 0.946. The molecule has 1 aliphatic heterocycles. The highest BCUT2D eigenvalue weighted by Crippen LogP contribution is 2.21. The smallest absolute Gasteiger partial charge is 0.110 e. The quantitative estimate of drug-likeness (QED) is 0.456. The Morgan fingerprint density at radius 1 is 1.75 bits per heavy atom. The highest BCUT2D eigenvalue weighted by molar-refractivity contribution is 8.00. The standard InChI is InChI=1S/C4H7BOS.CH4/c1-3-6-4(5)2-7-3;/h3-4H,2H2,1H3;1H4. The van der Waals surface area contributed by atoms with Gasteiger partial charge in [-0.15, -0.1) is 11.8 Å². The third-order valence-corrected chi connectivity index (χ3v) is 1.96. The van der Waals surface area contributed by atoms with Crippen molar-refractivity contribution in [2.75, 3.05) is 5.75 Å². The minimum absolute atomic E-state index is 0. The number of ether oxygens (including phenoxy) is 1. The van der Waals surface area contributed by atoms with E-state index in [2.05, 4.69) is 0 Å².